The van der Waals surface area contributed by atoms with Crippen LogP contribution in [-0.2, 0) is 23.9 Å². The highest BCUT2D eigenvalue weighted by Crippen LogP contribution is 2.60. The number of amides is 1. The Hall–Kier alpha value is -1.89. The minimum Gasteiger partial charge on any atom is -0.461 e. The van der Waals surface area contributed by atoms with Gasteiger partial charge in [0.25, 0.3) is 5.91 Å². The summed E-state index contributed by atoms with van der Waals surface area (Å²) in [6.07, 6.45) is 0.653. The van der Waals surface area contributed by atoms with Gasteiger partial charge in [-0.25, -0.2) is 0 Å². The fraction of sp³-hybridized carbons (Fsp3) is 0.526. The van der Waals surface area contributed by atoms with Crippen molar-refractivity contribution in [2.75, 3.05) is 11.9 Å². The number of fused-ring (bicyclic) bond motifs is 1. The molecule has 138 valence electrons. The van der Waals surface area contributed by atoms with E-state index in [-0.39, 0.29) is 35.3 Å². The average molecular weight is 422 g/mol. The lowest BCUT2D eigenvalue weighted by atomic mass is 9.80. The van der Waals surface area contributed by atoms with Gasteiger partial charge in [0.15, 0.2) is 6.61 Å². The van der Waals surface area contributed by atoms with Crippen molar-refractivity contribution in [3.05, 3.63) is 29.3 Å². The number of carbonyl (C=O) groups is 3. The Labute approximate surface area is 159 Å². The van der Waals surface area contributed by atoms with E-state index in [1.165, 1.54) is 0 Å². The third-order valence-corrected chi connectivity index (χ3v) is 6.85. The van der Waals surface area contributed by atoms with Crippen molar-refractivity contribution < 1.29 is 23.9 Å². The topological polar surface area (TPSA) is 81.7 Å². The molecule has 6 atom stereocenters. The summed E-state index contributed by atoms with van der Waals surface area (Å²) in [5, 5.41) is 2.74. The van der Waals surface area contributed by atoms with Gasteiger partial charge in [0.1, 0.15) is 6.10 Å². The molecule has 6 nitrogen and oxygen atoms in total. The van der Waals surface area contributed by atoms with Crippen LogP contribution >= 0.6 is 15.9 Å². The van der Waals surface area contributed by atoms with E-state index in [0.717, 1.165) is 17.5 Å². The van der Waals surface area contributed by atoms with Crippen LogP contribution in [0.3, 0.4) is 0 Å². The number of halogens is 1. The Balaban J connectivity index is 1.37. The third-order valence-electron chi connectivity index (χ3n) is 5.65. The molecule has 1 aromatic carbocycles. The molecule has 1 heterocycles. The number of hydrogen-bond acceptors (Lipinski definition) is 5. The summed E-state index contributed by atoms with van der Waals surface area (Å²) in [6, 6.07) is 5.72. The highest BCUT2D eigenvalue weighted by Gasteiger charge is 2.68. The number of nitrogens with one attached hydrogen (secondary N) is 1. The number of benzene rings is 1. The second-order valence-corrected chi connectivity index (χ2v) is 8.55. The molecule has 2 bridgehead atoms. The predicted octanol–water partition coefficient (Wildman–Crippen LogP) is 2.36. The highest BCUT2D eigenvalue weighted by atomic mass is 79.9. The number of aryl methyl sites for hydroxylation is 2. The molecule has 1 aliphatic heterocycles. The molecule has 2 saturated carbocycles. The van der Waals surface area contributed by atoms with Gasteiger partial charge in [-0.2, -0.15) is 0 Å². The van der Waals surface area contributed by atoms with E-state index in [1.807, 2.05) is 32.0 Å². The summed E-state index contributed by atoms with van der Waals surface area (Å²) in [7, 11) is 0. The van der Waals surface area contributed by atoms with Crippen LogP contribution < -0.4 is 5.32 Å². The largest absolute Gasteiger partial charge is 0.461 e. The summed E-state index contributed by atoms with van der Waals surface area (Å²) in [6.45, 7) is 3.53. The first-order valence-corrected chi connectivity index (χ1v) is 9.66. The van der Waals surface area contributed by atoms with Crippen molar-refractivity contribution in [2.24, 2.45) is 23.7 Å². The minimum atomic E-state index is -0.523. The lowest BCUT2D eigenvalue weighted by Crippen LogP contribution is -2.39. The lowest BCUT2D eigenvalue weighted by Gasteiger charge is -2.26. The molecule has 0 unspecified atom stereocenters. The first kappa shape index (κ1) is 17.5. The van der Waals surface area contributed by atoms with Crippen LogP contribution in [0.25, 0.3) is 0 Å². The van der Waals surface area contributed by atoms with Gasteiger partial charge in [-0.1, -0.05) is 22.0 Å². The number of ether oxygens (including phenoxy) is 2. The molecule has 1 saturated heterocycles. The molecule has 0 spiro atoms. The standard InChI is InChI=1S/C19H20BrNO5/c1-8-3-9(2)5-10(4-8)21-13(22)7-25-18(23)14-11-6-12-15(14)19(24)26-17(12)16(11)20/h3-5,11-12,14-17H,6-7H2,1-2H3,(H,21,22)/t11-,12-,14-,15-,16+,17+/m1/s1. The van der Waals surface area contributed by atoms with Crippen molar-refractivity contribution in [2.45, 2.75) is 31.2 Å². The van der Waals surface area contributed by atoms with Gasteiger partial charge >= 0.3 is 11.9 Å². The zero-order chi connectivity index (χ0) is 18.6. The lowest BCUT2D eigenvalue weighted by molar-refractivity contribution is -0.157. The average Bonchev–Trinajstić information content (AvgIpc) is 3.16. The Bertz CT molecular complexity index is 774. The van der Waals surface area contributed by atoms with E-state index in [0.29, 0.717) is 5.69 Å². The van der Waals surface area contributed by atoms with Gasteiger partial charge < -0.3 is 14.8 Å². The molecule has 2 aliphatic carbocycles. The molecule has 1 amide bonds. The van der Waals surface area contributed by atoms with E-state index < -0.39 is 23.7 Å². The molecule has 3 aliphatic rings. The Morgan fingerprint density at radius 3 is 2.62 bits per heavy atom. The van der Waals surface area contributed by atoms with Crippen LogP contribution in [0.5, 0.6) is 0 Å². The van der Waals surface area contributed by atoms with E-state index in [1.54, 1.807) is 0 Å². The molecule has 1 aromatic rings. The monoisotopic (exact) mass is 421 g/mol. The fourth-order valence-electron chi connectivity index (χ4n) is 4.77. The summed E-state index contributed by atoms with van der Waals surface area (Å²) in [5.74, 6) is -2.03. The first-order valence-electron chi connectivity index (χ1n) is 8.74. The number of carbonyl (C=O) groups excluding carboxylic acids is 3. The van der Waals surface area contributed by atoms with Crippen LogP contribution in [-0.4, -0.2) is 35.4 Å². The second kappa shape index (κ2) is 6.37. The Morgan fingerprint density at radius 1 is 1.23 bits per heavy atom. The highest BCUT2D eigenvalue weighted by molar-refractivity contribution is 9.09. The summed E-state index contributed by atoms with van der Waals surface area (Å²) in [5.41, 5.74) is 2.75. The number of anilines is 1. The van der Waals surface area contributed by atoms with Crippen LogP contribution in [0.15, 0.2) is 18.2 Å². The maximum Gasteiger partial charge on any atom is 0.310 e. The molecular weight excluding hydrogens is 402 g/mol. The van der Waals surface area contributed by atoms with E-state index in [9.17, 15) is 14.4 Å². The number of rotatable bonds is 4. The van der Waals surface area contributed by atoms with Crippen LogP contribution in [0.1, 0.15) is 17.5 Å². The van der Waals surface area contributed by atoms with Crippen molar-refractivity contribution in [1.29, 1.82) is 0 Å². The molecular formula is C19H20BrNO5. The molecule has 3 fully saturated rings. The van der Waals surface area contributed by atoms with E-state index in [2.05, 4.69) is 21.2 Å². The maximum atomic E-state index is 12.5. The SMILES string of the molecule is Cc1cc(C)cc(NC(=O)COC(=O)[C@@H]2[C@H]3C[C@H]4[C@H](OC(=O)[C@H]42)[C@H]3Br)c1. The number of hydrogen-bond donors (Lipinski definition) is 1. The summed E-state index contributed by atoms with van der Waals surface area (Å²) < 4.78 is 10.6. The minimum absolute atomic E-state index is 0.0168. The van der Waals surface area contributed by atoms with Crippen LogP contribution in [0, 0.1) is 37.5 Å². The predicted molar refractivity (Wildman–Crippen MR) is 96.7 cm³/mol. The summed E-state index contributed by atoms with van der Waals surface area (Å²) >= 11 is 3.56. The summed E-state index contributed by atoms with van der Waals surface area (Å²) in [4.78, 5) is 36.7. The normalized spacial score (nSPS) is 33.9. The van der Waals surface area contributed by atoms with E-state index >= 15 is 0 Å². The van der Waals surface area contributed by atoms with Crippen LogP contribution in [0.2, 0.25) is 0 Å². The van der Waals surface area contributed by atoms with Gasteiger partial charge in [-0.05, 0) is 49.4 Å². The van der Waals surface area contributed by atoms with Crippen molar-refractivity contribution in [3.8, 4) is 0 Å². The third kappa shape index (κ3) is 2.82. The zero-order valence-corrected chi connectivity index (χ0v) is 16.1. The van der Waals surface area contributed by atoms with Crippen molar-refractivity contribution in [3.63, 3.8) is 0 Å². The molecule has 4 rings (SSSR count). The van der Waals surface area contributed by atoms with Gasteiger partial charge in [-0.3, -0.25) is 14.4 Å². The van der Waals surface area contributed by atoms with Crippen molar-refractivity contribution in [1.82, 2.24) is 0 Å². The van der Waals surface area contributed by atoms with Gasteiger partial charge in [0, 0.05) is 11.6 Å². The number of alkyl halides is 1. The molecule has 0 radical (unpaired) electrons. The quantitative estimate of drug-likeness (QED) is 0.595. The maximum absolute atomic E-state index is 12.5. The second-order valence-electron chi connectivity index (χ2n) is 7.49. The molecule has 26 heavy (non-hydrogen) atoms. The molecule has 1 N–H and O–H groups in total. The molecule has 0 aromatic heterocycles. The van der Waals surface area contributed by atoms with Gasteiger partial charge in [0.2, 0.25) is 0 Å². The molecule has 7 heteroatoms. The van der Waals surface area contributed by atoms with Gasteiger partial charge in [-0.15, -0.1) is 0 Å². The van der Waals surface area contributed by atoms with E-state index in [4.69, 9.17) is 9.47 Å². The smallest absolute Gasteiger partial charge is 0.310 e. The Kier molecular flexibility index (Phi) is 4.29. The van der Waals surface area contributed by atoms with Crippen molar-refractivity contribution >= 4 is 39.5 Å². The fourth-order valence-corrected chi connectivity index (χ4v) is 5.82. The number of esters is 2. The van der Waals surface area contributed by atoms with Crippen LogP contribution in [0.4, 0.5) is 5.69 Å². The van der Waals surface area contributed by atoms with Gasteiger partial charge in [0.05, 0.1) is 16.7 Å². The zero-order valence-electron chi connectivity index (χ0n) is 14.5. The Morgan fingerprint density at radius 2 is 1.92 bits per heavy atom. The first-order chi connectivity index (χ1) is 12.3.